The summed E-state index contributed by atoms with van der Waals surface area (Å²) in [6.07, 6.45) is 1.52. The molecule has 0 spiro atoms. The molecule has 4 rings (SSSR count). The first kappa shape index (κ1) is 17.3. The molecule has 0 radical (unpaired) electrons. The number of esters is 1. The molecule has 27 heavy (non-hydrogen) atoms. The highest BCUT2D eigenvalue weighted by Gasteiger charge is 2.26. The van der Waals surface area contributed by atoms with Crippen molar-refractivity contribution < 1.29 is 14.3 Å². The number of fused-ring (bicyclic) bond motifs is 1. The van der Waals surface area contributed by atoms with E-state index in [0.717, 1.165) is 43.1 Å². The number of rotatable bonds is 4. The maximum atomic E-state index is 11.7. The summed E-state index contributed by atoms with van der Waals surface area (Å²) in [6.45, 7) is 1.52. The zero-order valence-corrected chi connectivity index (χ0v) is 15.3. The van der Waals surface area contributed by atoms with Crippen LogP contribution in [0.4, 0.5) is 5.82 Å². The highest BCUT2D eigenvalue weighted by Crippen LogP contribution is 2.25. The monoisotopic (exact) mass is 367 g/mol. The molecule has 0 atom stereocenters. The second kappa shape index (κ2) is 7.22. The quantitative estimate of drug-likeness (QED) is 0.654. The number of carbonyl (C=O) groups is 1. The van der Waals surface area contributed by atoms with E-state index in [1.165, 1.54) is 7.11 Å². The van der Waals surface area contributed by atoms with Crippen molar-refractivity contribution in [3.8, 4) is 17.1 Å². The van der Waals surface area contributed by atoms with Crippen LogP contribution in [0.1, 0.15) is 12.8 Å². The fourth-order valence-corrected chi connectivity index (χ4v) is 3.40. The number of piperidine rings is 1. The first-order chi connectivity index (χ1) is 13.2. The van der Waals surface area contributed by atoms with E-state index in [1.807, 2.05) is 36.4 Å². The number of ether oxygens (including phenoxy) is 2. The molecule has 0 unspecified atom stereocenters. The third kappa shape index (κ3) is 3.30. The highest BCUT2D eigenvalue weighted by molar-refractivity contribution is 5.72. The fourth-order valence-electron chi connectivity index (χ4n) is 3.40. The van der Waals surface area contributed by atoms with E-state index in [0.29, 0.717) is 11.5 Å². The Bertz CT molecular complexity index is 963. The Labute approximate surface area is 156 Å². The van der Waals surface area contributed by atoms with Gasteiger partial charge in [0, 0.05) is 18.7 Å². The Morgan fingerprint density at radius 1 is 1.11 bits per heavy atom. The molecule has 3 aromatic rings. The van der Waals surface area contributed by atoms with Crippen molar-refractivity contribution in [1.29, 1.82) is 0 Å². The second-order valence-electron chi connectivity index (χ2n) is 6.50. The molecule has 0 amide bonds. The summed E-state index contributed by atoms with van der Waals surface area (Å²) in [6, 6.07) is 11.5. The van der Waals surface area contributed by atoms with Crippen molar-refractivity contribution in [3.63, 3.8) is 0 Å². The van der Waals surface area contributed by atoms with Crippen molar-refractivity contribution in [2.75, 3.05) is 32.2 Å². The lowest BCUT2D eigenvalue weighted by molar-refractivity contribution is -0.146. The van der Waals surface area contributed by atoms with Crippen molar-refractivity contribution in [2.45, 2.75) is 12.8 Å². The molecule has 0 aliphatic carbocycles. The van der Waals surface area contributed by atoms with Gasteiger partial charge in [0.2, 0.25) is 0 Å². The SMILES string of the molecule is COC(=O)C1CCN(c2ccc3nnc(-c4cccc(OC)c4)n3n2)CC1. The summed E-state index contributed by atoms with van der Waals surface area (Å²) in [4.78, 5) is 13.9. The van der Waals surface area contributed by atoms with E-state index < -0.39 is 0 Å². The fraction of sp³-hybridized carbons (Fsp3) is 0.368. The van der Waals surface area contributed by atoms with Crippen LogP contribution in [0.2, 0.25) is 0 Å². The minimum atomic E-state index is -0.128. The summed E-state index contributed by atoms with van der Waals surface area (Å²) in [5, 5.41) is 13.2. The summed E-state index contributed by atoms with van der Waals surface area (Å²) in [5.41, 5.74) is 1.57. The van der Waals surface area contributed by atoms with E-state index in [9.17, 15) is 4.79 Å². The average Bonchev–Trinajstić information content (AvgIpc) is 3.16. The van der Waals surface area contributed by atoms with Crippen LogP contribution in [0.5, 0.6) is 5.75 Å². The standard InChI is InChI=1S/C19H21N5O3/c1-26-15-5-3-4-14(12-15)18-21-20-16-6-7-17(22-24(16)18)23-10-8-13(9-11-23)19(25)27-2/h3-7,12-13H,8-11H2,1-2H3. The van der Waals surface area contributed by atoms with Crippen LogP contribution in [0.25, 0.3) is 17.0 Å². The number of nitrogens with zero attached hydrogens (tertiary/aromatic N) is 5. The van der Waals surface area contributed by atoms with E-state index in [1.54, 1.807) is 11.6 Å². The topological polar surface area (TPSA) is 81.8 Å². The lowest BCUT2D eigenvalue weighted by atomic mass is 9.97. The predicted octanol–water partition coefficient (Wildman–Crippen LogP) is 2.19. The largest absolute Gasteiger partial charge is 0.497 e. The zero-order valence-electron chi connectivity index (χ0n) is 15.3. The molecule has 1 aromatic carbocycles. The predicted molar refractivity (Wildman–Crippen MR) is 99.7 cm³/mol. The van der Waals surface area contributed by atoms with Gasteiger partial charge in [0.15, 0.2) is 11.5 Å². The third-order valence-electron chi connectivity index (χ3n) is 4.93. The van der Waals surface area contributed by atoms with Crippen LogP contribution in [-0.2, 0) is 9.53 Å². The van der Waals surface area contributed by atoms with Gasteiger partial charge in [-0.1, -0.05) is 12.1 Å². The average molecular weight is 367 g/mol. The van der Waals surface area contributed by atoms with Crippen LogP contribution in [0, 0.1) is 5.92 Å². The van der Waals surface area contributed by atoms with Crippen LogP contribution < -0.4 is 9.64 Å². The van der Waals surface area contributed by atoms with Crippen molar-refractivity contribution in [3.05, 3.63) is 36.4 Å². The van der Waals surface area contributed by atoms with Gasteiger partial charge >= 0.3 is 5.97 Å². The molecule has 0 bridgehead atoms. The molecule has 8 heteroatoms. The van der Waals surface area contributed by atoms with Crippen LogP contribution >= 0.6 is 0 Å². The third-order valence-corrected chi connectivity index (χ3v) is 4.93. The number of benzene rings is 1. The lowest BCUT2D eigenvalue weighted by Gasteiger charge is -2.31. The summed E-state index contributed by atoms with van der Waals surface area (Å²) in [5.74, 6) is 2.10. The second-order valence-corrected chi connectivity index (χ2v) is 6.50. The molecular weight excluding hydrogens is 346 g/mol. The summed E-state index contributed by atoms with van der Waals surface area (Å²) < 4.78 is 11.9. The minimum Gasteiger partial charge on any atom is -0.497 e. The molecule has 1 aliphatic heterocycles. The minimum absolute atomic E-state index is 0.0303. The molecule has 8 nitrogen and oxygen atoms in total. The number of hydrogen-bond acceptors (Lipinski definition) is 7. The van der Waals surface area contributed by atoms with Gasteiger partial charge in [0.05, 0.1) is 20.1 Å². The molecule has 1 saturated heterocycles. The Hall–Kier alpha value is -3.16. The number of methoxy groups -OCH3 is 2. The van der Waals surface area contributed by atoms with Crippen LogP contribution in [0.3, 0.4) is 0 Å². The van der Waals surface area contributed by atoms with E-state index in [4.69, 9.17) is 14.6 Å². The van der Waals surface area contributed by atoms with Gasteiger partial charge in [0.1, 0.15) is 11.6 Å². The van der Waals surface area contributed by atoms with Gasteiger partial charge in [-0.3, -0.25) is 4.79 Å². The number of hydrogen-bond donors (Lipinski definition) is 0. The number of aromatic nitrogens is 4. The molecular formula is C19H21N5O3. The van der Waals surface area contributed by atoms with Crippen molar-refractivity contribution in [1.82, 2.24) is 19.8 Å². The number of carbonyl (C=O) groups excluding carboxylic acids is 1. The zero-order chi connectivity index (χ0) is 18.8. The maximum Gasteiger partial charge on any atom is 0.308 e. The van der Waals surface area contributed by atoms with E-state index >= 15 is 0 Å². The highest BCUT2D eigenvalue weighted by atomic mass is 16.5. The number of anilines is 1. The maximum absolute atomic E-state index is 11.7. The van der Waals surface area contributed by atoms with Gasteiger partial charge in [-0.25, -0.2) is 0 Å². The van der Waals surface area contributed by atoms with Crippen LogP contribution in [0.15, 0.2) is 36.4 Å². The van der Waals surface area contributed by atoms with Gasteiger partial charge in [-0.2, -0.15) is 4.52 Å². The van der Waals surface area contributed by atoms with Crippen LogP contribution in [-0.4, -0.2) is 53.1 Å². The smallest absolute Gasteiger partial charge is 0.308 e. The van der Waals surface area contributed by atoms with Gasteiger partial charge in [-0.15, -0.1) is 15.3 Å². The summed E-state index contributed by atoms with van der Waals surface area (Å²) >= 11 is 0. The Morgan fingerprint density at radius 2 is 1.93 bits per heavy atom. The molecule has 3 heterocycles. The first-order valence-corrected chi connectivity index (χ1v) is 8.89. The Morgan fingerprint density at radius 3 is 2.67 bits per heavy atom. The lowest BCUT2D eigenvalue weighted by Crippen LogP contribution is -2.37. The first-order valence-electron chi connectivity index (χ1n) is 8.89. The normalized spacial score (nSPS) is 15.1. The van der Waals surface area contributed by atoms with Gasteiger partial charge in [-0.05, 0) is 37.1 Å². The molecule has 140 valence electrons. The van der Waals surface area contributed by atoms with Gasteiger partial charge in [0.25, 0.3) is 0 Å². The Balaban J connectivity index is 1.62. The van der Waals surface area contributed by atoms with Gasteiger partial charge < -0.3 is 14.4 Å². The molecule has 1 aliphatic rings. The van der Waals surface area contributed by atoms with Crippen molar-refractivity contribution in [2.24, 2.45) is 5.92 Å². The summed E-state index contributed by atoms with van der Waals surface area (Å²) in [7, 11) is 3.08. The molecule has 0 N–H and O–H groups in total. The van der Waals surface area contributed by atoms with E-state index in [2.05, 4.69) is 15.1 Å². The molecule has 2 aromatic heterocycles. The van der Waals surface area contributed by atoms with E-state index in [-0.39, 0.29) is 11.9 Å². The molecule has 1 fully saturated rings. The Kier molecular flexibility index (Phi) is 4.62. The molecule has 0 saturated carbocycles. The van der Waals surface area contributed by atoms with Crippen molar-refractivity contribution >= 4 is 17.4 Å².